The molecular weight excluding hydrogens is 386 g/mol. The molecule has 1 saturated heterocycles. The van der Waals surface area contributed by atoms with Crippen molar-refractivity contribution in [3.63, 3.8) is 0 Å². The summed E-state index contributed by atoms with van der Waals surface area (Å²) in [5.74, 6) is 0.0708. The van der Waals surface area contributed by atoms with Crippen molar-refractivity contribution in [3.05, 3.63) is 70.2 Å². The Morgan fingerprint density at radius 3 is 2.58 bits per heavy atom. The lowest BCUT2D eigenvalue weighted by atomic mass is 10.2. The molecule has 0 aromatic heterocycles. The Hall–Kier alpha value is -1.92. The molecule has 6 heteroatoms. The number of benzene rings is 2. The Bertz CT molecular complexity index is 775. The number of carbonyl (C=O) groups is 1. The molecule has 0 bridgehead atoms. The van der Waals surface area contributed by atoms with Crippen LogP contribution in [-0.4, -0.2) is 27.4 Å². The smallest absolute Gasteiger partial charge is 0.242 e. The molecule has 4 nitrogen and oxygen atoms in total. The van der Waals surface area contributed by atoms with Crippen molar-refractivity contribution < 1.29 is 4.79 Å². The minimum atomic E-state index is -0.129. The van der Waals surface area contributed by atoms with Crippen LogP contribution in [0, 0.1) is 0 Å². The Kier molecular flexibility index (Phi) is 5.48. The van der Waals surface area contributed by atoms with Crippen molar-refractivity contribution in [3.8, 4) is 0 Å². The van der Waals surface area contributed by atoms with Gasteiger partial charge in [-0.2, -0.15) is 5.10 Å². The molecule has 1 atom stereocenters. The second-order valence-corrected chi connectivity index (χ2v) is 7.57. The average Bonchev–Trinajstić information content (AvgIpc) is 2.85. The number of rotatable bonds is 4. The molecule has 3 rings (SSSR count). The number of hydrogen-bond donors (Lipinski definition) is 0. The van der Waals surface area contributed by atoms with Gasteiger partial charge < -0.3 is 0 Å². The zero-order valence-electron chi connectivity index (χ0n) is 13.1. The molecule has 2 aromatic rings. The zero-order valence-corrected chi connectivity index (χ0v) is 15.5. The van der Waals surface area contributed by atoms with Crippen LogP contribution in [0.15, 0.2) is 69.3 Å². The lowest BCUT2D eigenvalue weighted by Gasteiger charge is -2.15. The highest BCUT2D eigenvalue weighted by molar-refractivity contribution is 9.10. The van der Waals surface area contributed by atoms with Crippen LogP contribution >= 0.6 is 27.7 Å². The lowest BCUT2D eigenvalue weighted by molar-refractivity contribution is -0.126. The predicted molar refractivity (Wildman–Crippen MR) is 103 cm³/mol. The number of amidine groups is 1. The van der Waals surface area contributed by atoms with Gasteiger partial charge in [-0.15, -0.1) is 5.10 Å². The van der Waals surface area contributed by atoms with E-state index in [0.717, 1.165) is 15.6 Å². The molecule has 122 valence electrons. The van der Waals surface area contributed by atoms with Gasteiger partial charge in [0.15, 0.2) is 5.17 Å². The molecule has 24 heavy (non-hydrogen) atoms. The van der Waals surface area contributed by atoms with E-state index < -0.39 is 0 Å². The maximum absolute atomic E-state index is 12.4. The molecule has 0 N–H and O–H groups in total. The first kappa shape index (κ1) is 16.9. The molecule has 0 unspecified atom stereocenters. The van der Waals surface area contributed by atoms with E-state index in [4.69, 9.17) is 0 Å². The fourth-order valence-electron chi connectivity index (χ4n) is 2.27. The van der Waals surface area contributed by atoms with E-state index in [1.807, 2.05) is 61.5 Å². The number of thioether (sulfide) groups is 1. The van der Waals surface area contributed by atoms with Gasteiger partial charge in [-0.05, 0) is 30.2 Å². The van der Waals surface area contributed by atoms with Crippen LogP contribution in [0.25, 0.3) is 0 Å². The number of halogens is 1. The summed E-state index contributed by atoms with van der Waals surface area (Å²) < 4.78 is 1.02. The maximum Gasteiger partial charge on any atom is 0.242 e. The van der Waals surface area contributed by atoms with Gasteiger partial charge in [0, 0.05) is 4.47 Å². The molecule has 1 amide bonds. The second kappa shape index (κ2) is 7.77. The van der Waals surface area contributed by atoms with Crippen LogP contribution in [0.3, 0.4) is 0 Å². The molecule has 1 heterocycles. The summed E-state index contributed by atoms with van der Waals surface area (Å²) in [6.07, 6.45) is 1.69. The first-order valence-electron chi connectivity index (χ1n) is 7.52. The molecular formula is C18H16BrN3OS. The summed E-state index contributed by atoms with van der Waals surface area (Å²) in [5.41, 5.74) is 2.03. The topological polar surface area (TPSA) is 45.0 Å². The minimum absolute atomic E-state index is 0.0708. The number of carbonyl (C=O) groups excluding carboxylic acids is 1. The summed E-state index contributed by atoms with van der Waals surface area (Å²) in [6.45, 7) is 2.41. The number of amides is 1. The van der Waals surface area contributed by atoms with Gasteiger partial charge in [-0.25, -0.2) is 0 Å². The van der Waals surface area contributed by atoms with Gasteiger partial charge in [-0.1, -0.05) is 70.2 Å². The highest BCUT2D eigenvalue weighted by Gasteiger charge is 2.35. The van der Waals surface area contributed by atoms with Crippen molar-refractivity contribution >= 4 is 45.0 Å². The van der Waals surface area contributed by atoms with Gasteiger partial charge in [0.05, 0.1) is 18.0 Å². The molecule has 0 radical (unpaired) electrons. The first-order chi connectivity index (χ1) is 11.6. The van der Waals surface area contributed by atoms with Crippen LogP contribution in [0.2, 0.25) is 0 Å². The minimum Gasteiger partial charge on any atom is -0.284 e. The molecule has 1 aliphatic rings. The van der Waals surface area contributed by atoms with Gasteiger partial charge in [0.25, 0.3) is 0 Å². The van der Waals surface area contributed by atoms with E-state index >= 15 is 0 Å². The summed E-state index contributed by atoms with van der Waals surface area (Å²) in [4.78, 5) is 14.1. The highest BCUT2D eigenvalue weighted by atomic mass is 79.9. The third-order valence-corrected chi connectivity index (χ3v) is 5.13. The van der Waals surface area contributed by atoms with Crippen molar-refractivity contribution in [1.29, 1.82) is 0 Å². The SMILES string of the molecule is C[C@H]1S/C(=N/N=C\c2ccc(Br)cc2)N(Cc2ccccc2)C1=O. The summed E-state index contributed by atoms with van der Waals surface area (Å²) in [6, 6.07) is 17.7. The summed E-state index contributed by atoms with van der Waals surface area (Å²) in [5, 5.41) is 8.92. The van der Waals surface area contributed by atoms with Gasteiger partial charge in [-0.3, -0.25) is 9.69 Å². The van der Waals surface area contributed by atoms with Crippen molar-refractivity contribution in [2.45, 2.75) is 18.7 Å². The average molecular weight is 402 g/mol. The molecule has 0 spiro atoms. The zero-order chi connectivity index (χ0) is 16.9. The first-order valence-corrected chi connectivity index (χ1v) is 9.19. The van der Waals surface area contributed by atoms with Crippen LogP contribution < -0.4 is 0 Å². The molecule has 1 aliphatic heterocycles. The van der Waals surface area contributed by atoms with E-state index in [1.165, 1.54) is 11.8 Å². The molecule has 0 aliphatic carbocycles. The molecule has 0 saturated carbocycles. The second-order valence-electron chi connectivity index (χ2n) is 5.35. The fourth-order valence-corrected chi connectivity index (χ4v) is 3.45. The fraction of sp³-hybridized carbons (Fsp3) is 0.167. The summed E-state index contributed by atoms with van der Waals surface area (Å²) in [7, 11) is 0. The van der Waals surface area contributed by atoms with Crippen LogP contribution in [0.1, 0.15) is 18.1 Å². The van der Waals surface area contributed by atoms with E-state index in [0.29, 0.717) is 11.7 Å². The monoisotopic (exact) mass is 401 g/mol. The lowest BCUT2D eigenvalue weighted by Crippen LogP contribution is -2.30. The van der Waals surface area contributed by atoms with Crippen LogP contribution in [-0.2, 0) is 11.3 Å². The number of nitrogens with zero attached hydrogens (tertiary/aromatic N) is 3. The van der Waals surface area contributed by atoms with Gasteiger partial charge in [0.1, 0.15) is 0 Å². The third-order valence-electron chi connectivity index (χ3n) is 3.53. The Morgan fingerprint density at radius 1 is 1.17 bits per heavy atom. The van der Waals surface area contributed by atoms with E-state index in [9.17, 15) is 4.79 Å². The predicted octanol–water partition coefficient (Wildman–Crippen LogP) is 4.30. The van der Waals surface area contributed by atoms with Crippen molar-refractivity contribution in [2.75, 3.05) is 0 Å². The number of hydrogen-bond acceptors (Lipinski definition) is 4. The van der Waals surface area contributed by atoms with E-state index in [-0.39, 0.29) is 11.2 Å². The third kappa shape index (κ3) is 4.13. The summed E-state index contributed by atoms with van der Waals surface area (Å²) >= 11 is 4.84. The Labute approximate surface area is 153 Å². The van der Waals surface area contributed by atoms with Crippen molar-refractivity contribution in [1.82, 2.24) is 4.90 Å². The standard InChI is InChI=1S/C18H16BrN3OS/c1-13-17(23)22(12-15-5-3-2-4-6-15)18(24-13)21-20-11-14-7-9-16(19)10-8-14/h2-11,13H,12H2,1H3/b20-11-,21-18+/t13-/m1/s1. The highest BCUT2D eigenvalue weighted by Crippen LogP contribution is 2.28. The largest absolute Gasteiger partial charge is 0.284 e. The Balaban J connectivity index is 1.76. The molecule has 2 aromatic carbocycles. The van der Waals surface area contributed by atoms with Crippen LogP contribution in [0.4, 0.5) is 0 Å². The Morgan fingerprint density at radius 2 is 1.88 bits per heavy atom. The van der Waals surface area contributed by atoms with Crippen LogP contribution in [0.5, 0.6) is 0 Å². The normalized spacial score (nSPS) is 19.6. The van der Waals surface area contributed by atoms with Crippen molar-refractivity contribution in [2.24, 2.45) is 10.2 Å². The quantitative estimate of drug-likeness (QED) is 0.565. The van der Waals surface area contributed by atoms with E-state index in [1.54, 1.807) is 11.1 Å². The maximum atomic E-state index is 12.4. The van der Waals surface area contributed by atoms with Gasteiger partial charge in [0.2, 0.25) is 5.91 Å². The molecule has 1 fully saturated rings. The van der Waals surface area contributed by atoms with Gasteiger partial charge >= 0.3 is 0 Å². The van der Waals surface area contributed by atoms with E-state index in [2.05, 4.69) is 26.1 Å².